The Morgan fingerprint density at radius 3 is 2.34 bits per heavy atom. The molecule has 0 aliphatic heterocycles. The highest BCUT2D eigenvalue weighted by Gasteiger charge is 2.29. The fraction of sp³-hybridized carbons (Fsp3) is 0.259. The Bertz CT molecular complexity index is 1160. The van der Waals surface area contributed by atoms with E-state index in [9.17, 15) is 4.79 Å². The van der Waals surface area contributed by atoms with Gasteiger partial charge in [-0.05, 0) is 72.0 Å². The first-order valence-corrected chi connectivity index (χ1v) is 12.0. The molecule has 1 saturated carbocycles. The number of nitrogens with zero attached hydrogens (tertiary/aromatic N) is 2. The largest absolute Gasteiger partial charge is 0.331 e. The van der Waals surface area contributed by atoms with E-state index < -0.39 is 0 Å². The topological polar surface area (TPSA) is 59.2 Å². The molecular weight excluding hydrogens is 414 g/mol. The molecule has 5 rings (SSSR count). The monoisotopic (exact) mass is 441 g/mol. The van der Waals surface area contributed by atoms with Crippen LogP contribution >= 0.6 is 11.3 Å². The number of carbonyl (C=O) groups is 1. The van der Waals surface area contributed by atoms with Crippen molar-refractivity contribution < 1.29 is 4.79 Å². The highest BCUT2D eigenvalue weighted by molar-refractivity contribution is 7.20. The molecule has 2 N–H and O–H groups in total. The van der Waals surface area contributed by atoms with E-state index in [0.29, 0.717) is 6.54 Å². The third kappa shape index (κ3) is 4.45. The van der Waals surface area contributed by atoms with Crippen LogP contribution in [-0.2, 0) is 6.54 Å². The zero-order valence-electron chi connectivity index (χ0n) is 18.0. The smallest absolute Gasteiger partial charge is 0.264 e. The molecule has 1 amide bonds. The minimum atomic E-state index is 0.130. The Labute approximate surface area is 192 Å². The minimum absolute atomic E-state index is 0.130. The summed E-state index contributed by atoms with van der Waals surface area (Å²) in [5, 5.41) is 1.13. The molecule has 4 nitrogen and oxygen atoms in total. The molecule has 162 valence electrons. The van der Waals surface area contributed by atoms with Gasteiger partial charge in [-0.3, -0.25) is 9.78 Å². The van der Waals surface area contributed by atoms with Crippen LogP contribution in [-0.4, -0.2) is 27.9 Å². The van der Waals surface area contributed by atoms with Crippen molar-refractivity contribution in [2.24, 2.45) is 5.73 Å². The van der Waals surface area contributed by atoms with E-state index in [1.807, 2.05) is 42.7 Å². The lowest BCUT2D eigenvalue weighted by molar-refractivity contribution is 0.0611. The average Bonchev–Trinajstić information content (AvgIpc) is 3.28. The van der Waals surface area contributed by atoms with Gasteiger partial charge in [0.15, 0.2) is 0 Å². The fourth-order valence-corrected chi connectivity index (χ4v) is 5.57. The molecule has 4 aromatic rings. The normalized spacial score (nSPS) is 18.5. The second-order valence-corrected chi connectivity index (χ2v) is 9.67. The van der Waals surface area contributed by atoms with Gasteiger partial charge in [0.25, 0.3) is 5.91 Å². The summed E-state index contributed by atoms with van der Waals surface area (Å²) in [5.41, 5.74) is 9.60. The SMILES string of the molecule is NC1CCC(N(Cc2ccc(-c3ccncc3)cc2)C(=O)c2cc3ccccc3s2)CC1. The van der Waals surface area contributed by atoms with Gasteiger partial charge in [0.05, 0.1) is 4.88 Å². The molecular formula is C27H27N3OS. The van der Waals surface area contributed by atoms with Crippen LogP contribution in [0.5, 0.6) is 0 Å². The molecule has 2 aromatic heterocycles. The third-order valence-electron chi connectivity index (χ3n) is 6.40. The van der Waals surface area contributed by atoms with Gasteiger partial charge in [0.2, 0.25) is 0 Å². The van der Waals surface area contributed by atoms with Crippen LogP contribution in [0.4, 0.5) is 0 Å². The number of rotatable bonds is 5. The molecule has 1 aliphatic rings. The van der Waals surface area contributed by atoms with Crippen molar-refractivity contribution in [3.05, 3.63) is 89.6 Å². The number of benzene rings is 2. The number of nitrogens with two attached hydrogens (primary N) is 1. The van der Waals surface area contributed by atoms with E-state index in [4.69, 9.17) is 5.73 Å². The van der Waals surface area contributed by atoms with Gasteiger partial charge < -0.3 is 10.6 Å². The van der Waals surface area contributed by atoms with Crippen molar-refractivity contribution in [1.29, 1.82) is 0 Å². The molecule has 0 radical (unpaired) electrons. The maximum atomic E-state index is 13.7. The van der Waals surface area contributed by atoms with E-state index >= 15 is 0 Å². The average molecular weight is 442 g/mol. The van der Waals surface area contributed by atoms with Gasteiger partial charge in [0.1, 0.15) is 0 Å². The molecule has 2 heterocycles. The standard InChI is InChI=1S/C27H27N3OS/c28-23-9-11-24(12-10-23)30(27(31)26-17-22-3-1-2-4-25(22)32-26)18-19-5-7-20(8-6-19)21-13-15-29-16-14-21/h1-8,13-17,23-24H,9-12,18,28H2. The number of carbonyl (C=O) groups excluding carboxylic acids is 1. The summed E-state index contributed by atoms with van der Waals surface area (Å²) in [7, 11) is 0. The predicted octanol–water partition coefficient (Wildman–Crippen LogP) is 5.88. The first kappa shape index (κ1) is 20.9. The molecule has 0 saturated heterocycles. The Hall–Kier alpha value is -3.02. The lowest BCUT2D eigenvalue weighted by Gasteiger charge is -2.36. The van der Waals surface area contributed by atoms with Crippen molar-refractivity contribution in [3.63, 3.8) is 0 Å². The van der Waals surface area contributed by atoms with Crippen LogP contribution in [0.1, 0.15) is 40.9 Å². The van der Waals surface area contributed by atoms with Crippen LogP contribution in [0.3, 0.4) is 0 Å². The molecule has 1 aliphatic carbocycles. The zero-order chi connectivity index (χ0) is 21.9. The summed E-state index contributed by atoms with van der Waals surface area (Å²) in [4.78, 5) is 20.7. The third-order valence-corrected chi connectivity index (χ3v) is 7.50. The van der Waals surface area contributed by atoms with Crippen LogP contribution in [0.15, 0.2) is 79.1 Å². The minimum Gasteiger partial charge on any atom is -0.331 e. The maximum absolute atomic E-state index is 13.7. The second kappa shape index (κ2) is 9.23. The number of fused-ring (bicyclic) bond motifs is 1. The summed E-state index contributed by atoms with van der Waals surface area (Å²) >= 11 is 1.59. The van der Waals surface area contributed by atoms with E-state index in [2.05, 4.69) is 46.3 Å². The molecule has 0 atom stereocenters. The maximum Gasteiger partial charge on any atom is 0.264 e. The van der Waals surface area contributed by atoms with Gasteiger partial charge in [0, 0.05) is 35.7 Å². The van der Waals surface area contributed by atoms with Crippen LogP contribution < -0.4 is 5.73 Å². The van der Waals surface area contributed by atoms with Crippen LogP contribution in [0.25, 0.3) is 21.2 Å². The highest BCUT2D eigenvalue weighted by atomic mass is 32.1. The van der Waals surface area contributed by atoms with E-state index in [1.165, 1.54) is 0 Å². The van der Waals surface area contributed by atoms with Crippen molar-refractivity contribution >= 4 is 27.3 Å². The molecule has 32 heavy (non-hydrogen) atoms. The summed E-state index contributed by atoms with van der Waals surface area (Å²) in [6.45, 7) is 0.615. The molecule has 5 heteroatoms. The van der Waals surface area contributed by atoms with Crippen LogP contribution in [0.2, 0.25) is 0 Å². The summed E-state index contributed by atoms with van der Waals surface area (Å²) in [5.74, 6) is 0.130. The van der Waals surface area contributed by atoms with Gasteiger partial charge in [-0.25, -0.2) is 0 Å². The van der Waals surface area contributed by atoms with E-state index in [1.54, 1.807) is 11.3 Å². The number of hydrogen-bond donors (Lipinski definition) is 1. The number of aromatic nitrogens is 1. The van der Waals surface area contributed by atoms with Crippen molar-refractivity contribution in [1.82, 2.24) is 9.88 Å². The molecule has 1 fully saturated rings. The highest BCUT2D eigenvalue weighted by Crippen LogP contribution is 2.30. The quantitative estimate of drug-likeness (QED) is 0.421. The van der Waals surface area contributed by atoms with Crippen LogP contribution in [0, 0.1) is 0 Å². The predicted molar refractivity (Wildman–Crippen MR) is 132 cm³/mol. The van der Waals surface area contributed by atoms with Gasteiger partial charge >= 0.3 is 0 Å². The van der Waals surface area contributed by atoms with Crippen molar-refractivity contribution in [2.75, 3.05) is 0 Å². The molecule has 2 aromatic carbocycles. The zero-order valence-corrected chi connectivity index (χ0v) is 18.8. The number of pyridine rings is 1. The molecule has 0 unspecified atom stereocenters. The number of amides is 1. The fourth-order valence-electron chi connectivity index (χ4n) is 4.55. The van der Waals surface area contributed by atoms with E-state index in [0.717, 1.165) is 57.3 Å². The van der Waals surface area contributed by atoms with Crippen molar-refractivity contribution in [3.8, 4) is 11.1 Å². The molecule has 0 spiro atoms. The lowest BCUT2D eigenvalue weighted by Crippen LogP contribution is -2.43. The summed E-state index contributed by atoms with van der Waals surface area (Å²) in [6, 6.07) is 23.3. The Morgan fingerprint density at radius 1 is 0.938 bits per heavy atom. The first-order chi connectivity index (χ1) is 15.7. The van der Waals surface area contributed by atoms with Gasteiger partial charge in [-0.15, -0.1) is 11.3 Å². The second-order valence-electron chi connectivity index (χ2n) is 8.58. The first-order valence-electron chi connectivity index (χ1n) is 11.2. The summed E-state index contributed by atoms with van der Waals surface area (Å²) in [6.07, 6.45) is 7.49. The summed E-state index contributed by atoms with van der Waals surface area (Å²) < 4.78 is 1.16. The van der Waals surface area contributed by atoms with Crippen molar-refractivity contribution in [2.45, 2.75) is 44.3 Å². The van der Waals surface area contributed by atoms with Gasteiger partial charge in [-0.1, -0.05) is 42.5 Å². The van der Waals surface area contributed by atoms with E-state index in [-0.39, 0.29) is 18.0 Å². The number of thiophene rings is 1. The number of hydrogen-bond acceptors (Lipinski definition) is 4. The Morgan fingerprint density at radius 2 is 1.62 bits per heavy atom. The Balaban J connectivity index is 1.41. The lowest BCUT2D eigenvalue weighted by atomic mass is 9.90. The van der Waals surface area contributed by atoms with Gasteiger partial charge in [-0.2, -0.15) is 0 Å². The Kier molecular flexibility index (Phi) is 6.02. The molecule has 0 bridgehead atoms.